The molecule has 3 heterocycles. The number of rotatable bonds is 10. The average Bonchev–Trinajstić information content (AvgIpc) is 3.43. The Morgan fingerprint density at radius 1 is 1.28 bits per heavy atom. The fraction of sp³-hybridized carbons (Fsp3) is 0.400. The predicted molar refractivity (Wildman–Crippen MR) is 139 cm³/mol. The third kappa shape index (κ3) is 5.91. The zero-order chi connectivity index (χ0) is 28.4. The van der Waals surface area contributed by atoms with Crippen LogP contribution in [0.3, 0.4) is 0 Å². The number of carbonyl (C=O) groups is 1. The highest BCUT2D eigenvalue weighted by Gasteiger charge is 2.56. The first-order valence-electron chi connectivity index (χ1n) is 12.1. The van der Waals surface area contributed by atoms with E-state index in [1.54, 1.807) is 44.2 Å². The van der Waals surface area contributed by atoms with Crippen molar-refractivity contribution in [1.29, 1.82) is 0 Å². The molecule has 0 aliphatic carbocycles. The summed E-state index contributed by atoms with van der Waals surface area (Å²) in [6.45, 7) is 4.10. The van der Waals surface area contributed by atoms with Gasteiger partial charge in [0.1, 0.15) is 48.6 Å². The van der Waals surface area contributed by atoms with Gasteiger partial charge in [-0.25, -0.2) is 14.1 Å². The molecule has 2 aromatic heterocycles. The van der Waals surface area contributed by atoms with Crippen LogP contribution >= 0.6 is 7.75 Å². The quantitative estimate of drug-likeness (QED) is 0.160. The van der Waals surface area contributed by atoms with Gasteiger partial charge in [-0.15, -0.1) is 6.42 Å². The first-order chi connectivity index (χ1) is 18.5. The van der Waals surface area contributed by atoms with Crippen molar-refractivity contribution in [2.45, 2.75) is 56.8 Å². The van der Waals surface area contributed by atoms with Gasteiger partial charge >= 0.3 is 13.7 Å². The molecule has 13 nitrogen and oxygen atoms in total. The first-order valence-corrected chi connectivity index (χ1v) is 13.6. The molecule has 1 aromatic carbocycles. The minimum absolute atomic E-state index is 0.176. The molecule has 6 atom stereocenters. The van der Waals surface area contributed by atoms with Gasteiger partial charge in [0.05, 0.1) is 11.8 Å². The van der Waals surface area contributed by atoms with Crippen molar-refractivity contribution in [3.05, 3.63) is 54.5 Å². The molecule has 39 heavy (non-hydrogen) atoms. The van der Waals surface area contributed by atoms with Crippen LogP contribution in [0.15, 0.2) is 48.8 Å². The van der Waals surface area contributed by atoms with E-state index in [2.05, 4.69) is 21.1 Å². The maximum atomic E-state index is 13.8. The number of fused-ring (bicyclic) bond motifs is 1. The number of para-hydroxylation sites is 1. The molecule has 5 N–H and O–H groups in total. The molecule has 0 bridgehead atoms. The van der Waals surface area contributed by atoms with Crippen molar-refractivity contribution in [2.75, 3.05) is 12.3 Å². The van der Waals surface area contributed by atoms with Crippen LogP contribution in [-0.2, 0) is 23.4 Å². The summed E-state index contributed by atoms with van der Waals surface area (Å²) in [5, 5.41) is 28.5. The summed E-state index contributed by atoms with van der Waals surface area (Å²) >= 11 is 0. The summed E-state index contributed by atoms with van der Waals surface area (Å²) in [5.41, 5.74) is 4.74. The predicted octanol–water partition coefficient (Wildman–Crippen LogP) is 1.61. The number of aromatic nitrogens is 3. The monoisotopic (exact) mass is 559 g/mol. The van der Waals surface area contributed by atoms with E-state index in [-0.39, 0.29) is 11.6 Å². The number of aliphatic hydroxyl groups excluding tert-OH is 2. The SMILES string of the molecule is C#C[C@]1(CO[P@@](=O)(N[C@@H](C)C(=O)OC(C)C)Oc2ccccc2)O[C@@H](c2ccc3c(N)ncnn23)[C@@H](O)C1O. The molecule has 1 aliphatic rings. The summed E-state index contributed by atoms with van der Waals surface area (Å²) in [7, 11) is -4.34. The number of esters is 1. The van der Waals surface area contributed by atoms with Gasteiger partial charge in [0.2, 0.25) is 0 Å². The van der Waals surface area contributed by atoms with Crippen molar-refractivity contribution in [1.82, 2.24) is 19.7 Å². The van der Waals surface area contributed by atoms with Gasteiger partial charge in [-0.05, 0) is 45.0 Å². The molecule has 3 aromatic rings. The number of ether oxygens (including phenoxy) is 2. The maximum absolute atomic E-state index is 13.8. The molecule has 1 aliphatic heterocycles. The van der Waals surface area contributed by atoms with Crippen LogP contribution in [-0.4, -0.2) is 67.3 Å². The molecule has 0 spiro atoms. The number of nitrogens with two attached hydrogens (primary N) is 1. The molecule has 1 saturated heterocycles. The zero-order valence-electron chi connectivity index (χ0n) is 21.5. The number of carbonyl (C=O) groups excluding carboxylic acids is 1. The van der Waals surface area contributed by atoms with Gasteiger partial charge in [0.15, 0.2) is 11.4 Å². The largest absolute Gasteiger partial charge is 0.462 e. The Labute approximate surface area is 224 Å². The summed E-state index contributed by atoms with van der Waals surface area (Å²) in [6, 6.07) is 10.2. The third-order valence-corrected chi connectivity index (χ3v) is 7.59. The molecule has 0 saturated carbocycles. The zero-order valence-corrected chi connectivity index (χ0v) is 22.4. The molecule has 0 radical (unpaired) electrons. The summed E-state index contributed by atoms with van der Waals surface area (Å²) in [4.78, 5) is 16.3. The van der Waals surface area contributed by atoms with Crippen LogP contribution in [0, 0.1) is 12.3 Å². The number of nitrogens with zero attached hydrogens (tertiary/aromatic N) is 3. The highest BCUT2D eigenvalue weighted by molar-refractivity contribution is 7.52. The van der Waals surface area contributed by atoms with E-state index in [1.807, 2.05) is 0 Å². The second-order valence-electron chi connectivity index (χ2n) is 9.22. The van der Waals surface area contributed by atoms with Gasteiger partial charge in [0.25, 0.3) is 0 Å². The Kier molecular flexibility index (Phi) is 8.27. The van der Waals surface area contributed by atoms with E-state index in [0.717, 1.165) is 0 Å². The molecule has 1 fully saturated rings. The van der Waals surface area contributed by atoms with E-state index >= 15 is 0 Å². The lowest BCUT2D eigenvalue weighted by Crippen LogP contribution is -2.46. The number of anilines is 1. The molecule has 1 unspecified atom stereocenters. The van der Waals surface area contributed by atoms with Gasteiger partial charge in [-0.3, -0.25) is 9.32 Å². The van der Waals surface area contributed by atoms with Gasteiger partial charge in [0, 0.05) is 0 Å². The Bertz CT molecular complexity index is 1410. The molecule has 208 valence electrons. The van der Waals surface area contributed by atoms with E-state index < -0.39 is 56.4 Å². The van der Waals surface area contributed by atoms with Crippen LogP contribution in [0.5, 0.6) is 5.75 Å². The fourth-order valence-corrected chi connectivity index (χ4v) is 5.55. The Balaban J connectivity index is 1.59. The summed E-state index contributed by atoms with van der Waals surface area (Å²) < 4.78 is 37.7. The molecular weight excluding hydrogens is 529 g/mol. The van der Waals surface area contributed by atoms with E-state index in [4.69, 9.17) is 30.7 Å². The summed E-state index contributed by atoms with van der Waals surface area (Å²) in [5.74, 6) is 2.02. The number of benzene rings is 1. The number of terminal acetylenes is 1. The number of hydrogen-bond acceptors (Lipinski definition) is 11. The Morgan fingerprint density at radius 2 is 2.00 bits per heavy atom. The minimum atomic E-state index is -4.34. The number of nitrogens with one attached hydrogen (secondary N) is 1. The van der Waals surface area contributed by atoms with Crippen molar-refractivity contribution in [3.8, 4) is 18.1 Å². The maximum Gasteiger partial charge on any atom is 0.459 e. The molecule has 4 rings (SSSR count). The molecule has 14 heteroatoms. The van der Waals surface area contributed by atoms with Gasteiger partial charge in [-0.2, -0.15) is 10.2 Å². The minimum Gasteiger partial charge on any atom is -0.462 e. The first kappa shape index (κ1) is 28.5. The van der Waals surface area contributed by atoms with Crippen LogP contribution in [0.4, 0.5) is 5.82 Å². The lowest BCUT2D eigenvalue weighted by atomic mass is 9.96. The molecule has 0 amide bonds. The third-order valence-electron chi connectivity index (χ3n) is 5.97. The van der Waals surface area contributed by atoms with E-state index in [9.17, 15) is 19.6 Å². The Hall–Kier alpha value is -3.50. The number of nitrogen functional groups attached to an aromatic ring is 1. The highest BCUT2D eigenvalue weighted by Crippen LogP contribution is 2.48. The van der Waals surface area contributed by atoms with Crippen LogP contribution in [0.25, 0.3) is 5.52 Å². The van der Waals surface area contributed by atoms with Crippen LogP contribution in [0.2, 0.25) is 0 Å². The topological polar surface area (TPSA) is 180 Å². The number of hydrogen-bond donors (Lipinski definition) is 4. The second-order valence-corrected chi connectivity index (χ2v) is 10.9. The second kappa shape index (κ2) is 11.3. The van der Waals surface area contributed by atoms with Gasteiger partial charge < -0.3 is 29.9 Å². The van der Waals surface area contributed by atoms with Crippen LogP contribution < -0.4 is 15.3 Å². The van der Waals surface area contributed by atoms with E-state index in [1.165, 1.54) is 29.9 Å². The fourth-order valence-electron chi connectivity index (χ4n) is 4.03. The standard InChI is InChI=1S/C25H30N5O8P/c1-5-25(22(32)20(31)21(37-25)18-11-12-19-23(26)27-14-28-30(18)19)13-35-39(34,38-17-9-7-6-8-10-17)29-16(4)24(33)36-15(2)3/h1,6-12,14-16,20-22,31-32H,13H2,2-4H3,(H,29,34)(H2,26,27,28)/t16-,20+,21-,22?,25+,39-/m0/s1. The Morgan fingerprint density at radius 3 is 2.67 bits per heavy atom. The summed E-state index contributed by atoms with van der Waals surface area (Å²) in [6.07, 6.45) is 2.25. The smallest absolute Gasteiger partial charge is 0.459 e. The average molecular weight is 560 g/mol. The highest BCUT2D eigenvalue weighted by atomic mass is 31.2. The van der Waals surface area contributed by atoms with E-state index in [0.29, 0.717) is 11.2 Å². The lowest BCUT2D eigenvalue weighted by Gasteiger charge is -2.29. The normalized spacial score (nSPS) is 25.2. The van der Waals surface area contributed by atoms with Gasteiger partial charge in [-0.1, -0.05) is 24.1 Å². The lowest BCUT2D eigenvalue weighted by molar-refractivity contribution is -0.149. The van der Waals surface area contributed by atoms with Crippen LogP contribution in [0.1, 0.15) is 32.6 Å². The molecular formula is C25H30N5O8P. The van der Waals surface area contributed by atoms with Crippen molar-refractivity contribution in [2.24, 2.45) is 0 Å². The number of aliphatic hydroxyl groups is 2. The van der Waals surface area contributed by atoms with Crippen molar-refractivity contribution < 1.29 is 38.1 Å². The van der Waals surface area contributed by atoms with Crippen molar-refractivity contribution >= 4 is 25.1 Å². The van der Waals surface area contributed by atoms with Crippen molar-refractivity contribution in [3.63, 3.8) is 0 Å².